The van der Waals surface area contributed by atoms with Crippen LogP contribution in [0.1, 0.15) is 31.5 Å². The number of rotatable bonds is 3. The number of nitrogens with two attached hydrogens (primary N) is 1. The first-order chi connectivity index (χ1) is 6.72. The van der Waals surface area contributed by atoms with Crippen LogP contribution in [0.2, 0.25) is 0 Å². The third-order valence-electron chi connectivity index (χ3n) is 2.13. The molecule has 1 aliphatic carbocycles. The van der Waals surface area contributed by atoms with Gasteiger partial charge >= 0.3 is 5.88 Å². The molecule has 76 valence electrons. The van der Waals surface area contributed by atoms with Crippen molar-refractivity contribution in [2.75, 3.05) is 5.32 Å². The zero-order chi connectivity index (χ0) is 10.1. The second-order valence-corrected chi connectivity index (χ2v) is 3.41. The largest absolute Gasteiger partial charge is 0.321 e. The number of carbonyl (C=O) groups is 1. The Hall–Kier alpha value is -1.43. The molecule has 1 amide bonds. The van der Waals surface area contributed by atoms with E-state index in [9.17, 15) is 4.79 Å². The van der Waals surface area contributed by atoms with Crippen molar-refractivity contribution in [2.24, 2.45) is 5.73 Å². The summed E-state index contributed by atoms with van der Waals surface area (Å²) in [6.45, 7) is 1.74. The lowest BCUT2D eigenvalue weighted by atomic mass is 10.4. The van der Waals surface area contributed by atoms with E-state index in [1.54, 1.807) is 4.68 Å². The molecule has 1 saturated carbocycles. The van der Waals surface area contributed by atoms with Gasteiger partial charge in [0.05, 0.1) is 6.54 Å². The van der Waals surface area contributed by atoms with E-state index >= 15 is 0 Å². The van der Waals surface area contributed by atoms with Gasteiger partial charge in [-0.3, -0.25) is 14.6 Å². The van der Waals surface area contributed by atoms with Gasteiger partial charge < -0.3 is 5.73 Å². The molecule has 0 saturated heterocycles. The predicted octanol–water partition coefficient (Wildman–Crippen LogP) is -0.286. The number of hydrogen-bond acceptors (Lipinski definition) is 4. The Bertz CT molecular complexity index is 356. The average molecular weight is 197 g/mol. The monoisotopic (exact) mass is 197 g/mol. The molecule has 0 bridgehead atoms. The van der Waals surface area contributed by atoms with Gasteiger partial charge in [-0.2, -0.15) is 0 Å². The van der Waals surface area contributed by atoms with Crippen molar-refractivity contribution in [3.8, 4) is 0 Å². The minimum Gasteiger partial charge on any atom is -0.321 e. The fourth-order valence-corrected chi connectivity index (χ4v) is 1.34. The number of anilines is 1. The van der Waals surface area contributed by atoms with E-state index in [1.807, 2.05) is 0 Å². The summed E-state index contributed by atoms with van der Waals surface area (Å²) < 4.78 is 6.76. The van der Waals surface area contributed by atoms with E-state index < -0.39 is 0 Å². The molecule has 3 N–H and O–H groups in total. The normalized spacial score (nSPS) is 15.6. The zero-order valence-corrected chi connectivity index (χ0v) is 7.99. The highest BCUT2D eigenvalue weighted by Crippen LogP contribution is 2.30. The highest BCUT2D eigenvalue weighted by atomic mass is 16.5. The third-order valence-corrected chi connectivity index (χ3v) is 2.13. The van der Waals surface area contributed by atoms with Gasteiger partial charge in [0.25, 0.3) is 5.69 Å². The lowest BCUT2D eigenvalue weighted by Gasteiger charge is -1.93. The molecule has 1 heterocycles. The van der Waals surface area contributed by atoms with Gasteiger partial charge in [0.15, 0.2) is 6.04 Å². The third kappa shape index (κ3) is 1.60. The van der Waals surface area contributed by atoms with E-state index in [1.165, 1.54) is 6.92 Å². The van der Waals surface area contributed by atoms with Gasteiger partial charge in [0, 0.05) is 19.8 Å². The van der Waals surface area contributed by atoms with Crippen molar-refractivity contribution >= 4 is 11.8 Å². The fourth-order valence-electron chi connectivity index (χ4n) is 1.34. The number of nitrogens with zero attached hydrogens (tertiary/aromatic N) is 2. The molecule has 0 aliphatic heterocycles. The van der Waals surface area contributed by atoms with Crippen LogP contribution in [0, 0.1) is 0 Å². The summed E-state index contributed by atoms with van der Waals surface area (Å²) in [5.74, 6) is 0.186. The zero-order valence-electron chi connectivity index (χ0n) is 7.99. The van der Waals surface area contributed by atoms with Crippen LogP contribution in [0.25, 0.3) is 0 Å². The van der Waals surface area contributed by atoms with Gasteiger partial charge in [-0.15, -0.1) is 0 Å². The number of carbonyl (C=O) groups excluding carboxylic acids is 1. The first-order valence-corrected chi connectivity index (χ1v) is 4.60. The summed E-state index contributed by atoms with van der Waals surface area (Å²) in [4.78, 5) is 10.8. The maximum Gasteiger partial charge on any atom is 0.306 e. The van der Waals surface area contributed by atoms with Crippen LogP contribution in [0.5, 0.6) is 0 Å². The molecular weight excluding hydrogens is 184 g/mol. The minimum atomic E-state index is -0.182. The van der Waals surface area contributed by atoms with Gasteiger partial charge in [-0.25, -0.2) is 0 Å². The summed E-state index contributed by atoms with van der Waals surface area (Å²) in [6.07, 6.45) is 2.20. The Balaban J connectivity index is 2.26. The highest BCUT2D eigenvalue weighted by Gasteiger charge is 2.39. The van der Waals surface area contributed by atoms with Crippen molar-refractivity contribution in [1.29, 1.82) is 0 Å². The number of aromatic nitrogens is 2. The second-order valence-electron chi connectivity index (χ2n) is 3.41. The van der Waals surface area contributed by atoms with Crippen molar-refractivity contribution in [2.45, 2.75) is 32.4 Å². The number of nitrogens with one attached hydrogen (secondary N) is 1. The summed E-state index contributed by atoms with van der Waals surface area (Å²) in [6, 6.07) is 0.403. The van der Waals surface area contributed by atoms with E-state index in [0.29, 0.717) is 18.5 Å². The fraction of sp³-hybridized carbons (Fsp3) is 0.625. The SMILES string of the molecule is CC(=O)Nc1on[n+](C2CC2)c1CN. The van der Waals surface area contributed by atoms with E-state index in [4.69, 9.17) is 10.3 Å². The number of amides is 1. The molecule has 2 rings (SSSR count). The van der Waals surface area contributed by atoms with Gasteiger partial charge in [-0.05, 0) is 4.68 Å². The molecule has 0 spiro atoms. The van der Waals surface area contributed by atoms with E-state index in [0.717, 1.165) is 18.5 Å². The topological polar surface area (TPSA) is 85.0 Å². The van der Waals surface area contributed by atoms with Crippen LogP contribution in [-0.4, -0.2) is 11.2 Å². The molecule has 0 radical (unpaired) electrons. The standard InChI is InChI=1S/C8H12N4O2/c1-5(13)10-8-7(4-9)12(11-14-8)6-2-3-6/h6H,2-4,9H2,1H3/p+1. The molecule has 1 fully saturated rings. The van der Waals surface area contributed by atoms with Crippen LogP contribution in [0.3, 0.4) is 0 Å². The average Bonchev–Trinajstić information content (AvgIpc) is 2.88. The van der Waals surface area contributed by atoms with Crippen LogP contribution < -0.4 is 15.7 Å². The van der Waals surface area contributed by atoms with Gasteiger partial charge in [0.2, 0.25) is 11.2 Å². The molecular formula is C8H13N4O2+. The van der Waals surface area contributed by atoms with Crippen molar-refractivity contribution in [3.63, 3.8) is 0 Å². The van der Waals surface area contributed by atoms with Crippen molar-refractivity contribution < 1.29 is 14.0 Å². The van der Waals surface area contributed by atoms with Crippen LogP contribution in [0.15, 0.2) is 4.52 Å². The van der Waals surface area contributed by atoms with Crippen molar-refractivity contribution in [3.05, 3.63) is 5.69 Å². The Morgan fingerprint density at radius 1 is 1.79 bits per heavy atom. The maximum absolute atomic E-state index is 10.8. The first-order valence-electron chi connectivity index (χ1n) is 4.60. The molecule has 6 heteroatoms. The molecule has 1 aromatic rings. The van der Waals surface area contributed by atoms with Crippen LogP contribution in [0.4, 0.5) is 5.88 Å². The Morgan fingerprint density at radius 2 is 2.50 bits per heavy atom. The van der Waals surface area contributed by atoms with Gasteiger partial charge in [0.1, 0.15) is 0 Å². The summed E-state index contributed by atoms with van der Waals surface area (Å²) in [5.41, 5.74) is 6.32. The van der Waals surface area contributed by atoms with Crippen LogP contribution in [-0.2, 0) is 11.3 Å². The van der Waals surface area contributed by atoms with E-state index in [-0.39, 0.29) is 5.91 Å². The Morgan fingerprint density at radius 3 is 3.00 bits per heavy atom. The summed E-state index contributed by atoms with van der Waals surface area (Å²) >= 11 is 0. The molecule has 1 aromatic heterocycles. The van der Waals surface area contributed by atoms with Crippen molar-refractivity contribution in [1.82, 2.24) is 5.27 Å². The molecule has 14 heavy (non-hydrogen) atoms. The molecule has 6 nitrogen and oxygen atoms in total. The highest BCUT2D eigenvalue weighted by molar-refractivity contribution is 5.87. The second kappa shape index (κ2) is 3.38. The van der Waals surface area contributed by atoms with E-state index in [2.05, 4.69) is 10.6 Å². The van der Waals surface area contributed by atoms with Crippen LogP contribution >= 0.6 is 0 Å². The molecule has 0 aromatic carbocycles. The minimum absolute atomic E-state index is 0.182. The quantitative estimate of drug-likeness (QED) is 0.652. The number of hydrogen-bond donors (Lipinski definition) is 2. The lowest BCUT2D eigenvalue weighted by molar-refractivity contribution is -0.771. The smallest absolute Gasteiger partial charge is 0.306 e. The maximum atomic E-state index is 10.8. The first kappa shape index (κ1) is 9.14. The molecule has 0 unspecified atom stereocenters. The summed E-state index contributed by atoms with van der Waals surface area (Å²) in [5, 5.41) is 6.41. The molecule has 1 aliphatic rings. The molecule has 0 atom stereocenters. The Kier molecular flexibility index (Phi) is 2.20. The summed E-state index contributed by atoms with van der Waals surface area (Å²) in [7, 11) is 0. The lowest BCUT2D eigenvalue weighted by Crippen LogP contribution is -2.39. The Labute approximate surface area is 81.0 Å². The van der Waals surface area contributed by atoms with Gasteiger partial charge in [-0.1, -0.05) is 0 Å². The predicted molar refractivity (Wildman–Crippen MR) is 47.2 cm³/mol.